The maximum absolute atomic E-state index is 5.81. The van der Waals surface area contributed by atoms with Crippen LogP contribution in [0.5, 0.6) is 0 Å². The molecule has 0 saturated heterocycles. The molecule has 1 unspecified atom stereocenters. The van der Waals surface area contributed by atoms with Gasteiger partial charge in [-0.05, 0) is 19.8 Å². The third-order valence-corrected chi connectivity index (χ3v) is 2.04. The number of hydrogen-bond acceptors (Lipinski definition) is 2. The van der Waals surface area contributed by atoms with E-state index < -0.39 is 0 Å². The summed E-state index contributed by atoms with van der Waals surface area (Å²) in [5, 5.41) is 0.314. The maximum atomic E-state index is 5.81. The molecule has 0 aromatic carbocycles. The van der Waals surface area contributed by atoms with Crippen molar-refractivity contribution < 1.29 is 9.47 Å². The SMILES string of the molecule is COCCOCCCCCC(C)Cl. The van der Waals surface area contributed by atoms with Gasteiger partial charge >= 0.3 is 0 Å². The summed E-state index contributed by atoms with van der Waals surface area (Å²) in [7, 11) is 1.69. The number of alkyl halides is 1. The molecule has 0 spiro atoms. The molecule has 3 heteroatoms. The Balaban J connectivity index is 2.84. The second kappa shape index (κ2) is 10.3. The molecule has 0 aliphatic rings. The molecule has 0 bridgehead atoms. The number of unbranched alkanes of at least 4 members (excludes halogenated alkanes) is 2. The fourth-order valence-electron chi connectivity index (χ4n) is 1.05. The van der Waals surface area contributed by atoms with E-state index in [1.54, 1.807) is 7.11 Å². The molecular weight excluding hydrogens is 188 g/mol. The van der Waals surface area contributed by atoms with Gasteiger partial charge in [-0.15, -0.1) is 11.6 Å². The number of hydrogen-bond donors (Lipinski definition) is 0. The largest absolute Gasteiger partial charge is 0.382 e. The molecule has 0 aliphatic carbocycles. The van der Waals surface area contributed by atoms with E-state index in [0.29, 0.717) is 18.6 Å². The molecule has 0 aromatic rings. The molecule has 80 valence electrons. The van der Waals surface area contributed by atoms with Crippen LogP contribution in [0.1, 0.15) is 32.6 Å². The predicted molar refractivity (Wildman–Crippen MR) is 56.5 cm³/mol. The van der Waals surface area contributed by atoms with Crippen LogP contribution in [0, 0.1) is 0 Å². The van der Waals surface area contributed by atoms with Crippen LogP contribution in [0.25, 0.3) is 0 Å². The first-order valence-electron chi connectivity index (χ1n) is 4.98. The van der Waals surface area contributed by atoms with E-state index in [1.165, 1.54) is 12.8 Å². The lowest BCUT2D eigenvalue weighted by Crippen LogP contribution is -2.03. The first-order chi connectivity index (χ1) is 6.27. The van der Waals surface area contributed by atoms with Crippen molar-refractivity contribution in [3.8, 4) is 0 Å². The van der Waals surface area contributed by atoms with E-state index >= 15 is 0 Å². The average Bonchev–Trinajstić information content (AvgIpc) is 2.09. The van der Waals surface area contributed by atoms with Crippen LogP contribution in [-0.2, 0) is 9.47 Å². The Bertz CT molecular complexity index is 96.9. The van der Waals surface area contributed by atoms with Crippen molar-refractivity contribution in [3.63, 3.8) is 0 Å². The fourth-order valence-corrected chi connectivity index (χ4v) is 1.21. The summed E-state index contributed by atoms with van der Waals surface area (Å²) in [6.07, 6.45) is 4.66. The number of ether oxygens (including phenoxy) is 2. The van der Waals surface area contributed by atoms with Gasteiger partial charge in [0.2, 0.25) is 0 Å². The normalized spacial score (nSPS) is 13.2. The molecule has 0 fully saturated rings. The summed E-state index contributed by atoms with van der Waals surface area (Å²) in [4.78, 5) is 0. The number of rotatable bonds is 9. The van der Waals surface area contributed by atoms with E-state index in [4.69, 9.17) is 21.1 Å². The van der Waals surface area contributed by atoms with E-state index in [1.807, 2.05) is 6.92 Å². The lowest BCUT2D eigenvalue weighted by atomic mass is 10.2. The molecule has 0 aromatic heterocycles. The zero-order valence-corrected chi connectivity index (χ0v) is 9.48. The smallest absolute Gasteiger partial charge is 0.0700 e. The average molecular weight is 209 g/mol. The standard InChI is InChI=1S/C10H21ClO2/c1-10(11)6-4-3-5-7-13-9-8-12-2/h10H,3-9H2,1-2H3. The number of methoxy groups -OCH3 is 1. The second-order valence-electron chi connectivity index (χ2n) is 3.24. The zero-order chi connectivity index (χ0) is 9.94. The Morgan fingerprint density at radius 1 is 1.08 bits per heavy atom. The third-order valence-electron chi connectivity index (χ3n) is 1.82. The molecule has 1 atom stereocenters. The van der Waals surface area contributed by atoms with E-state index in [9.17, 15) is 0 Å². The molecule has 2 nitrogen and oxygen atoms in total. The lowest BCUT2D eigenvalue weighted by molar-refractivity contribution is 0.0686. The van der Waals surface area contributed by atoms with Gasteiger partial charge in [-0.1, -0.05) is 12.8 Å². The van der Waals surface area contributed by atoms with Crippen molar-refractivity contribution in [1.82, 2.24) is 0 Å². The van der Waals surface area contributed by atoms with Gasteiger partial charge in [-0.2, -0.15) is 0 Å². The molecule has 0 amide bonds. The van der Waals surface area contributed by atoms with Gasteiger partial charge in [0, 0.05) is 19.1 Å². The highest BCUT2D eigenvalue weighted by molar-refractivity contribution is 6.20. The van der Waals surface area contributed by atoms with Gasteiger partial charge in [0.25, 0.3) is 0 Å². The Morgan fingerprint density at radius 2 is 1.85 bits per heavy atom. The van der Waals surface area contributed by atoms with Gasteiger partial charge in [0.1, 0.15) is 0 Å². The highest BCUT2D eigenvalue weighted by Crippen LogP contribution is 2.07. The third kappa shape index (κ3) is 12.2. The maximum Gasteiger partial charge on any atom is 0.0700 e. The highest BCUT2D eigenvalue weighted by Gasteiger charge is 1.95. The lowest BCUT2D eigenvalue weighted by Gasteiger charge is -2.04. The minimum Gasteiger partial charge on any atom is -0.382 e. The van der Waals surface area contributed by atoms with Crippen molar-refractivity contribution >= 4 is 11.6 Å². The quantitative estimate of drug-likeness (QED) is 0.429. The van der Waals surface area contributed by atoms with E-state index in [0.717, 1.165) is 19.4 Å². The first kappa shape index (κ1) is 13.2. The van der Waals surface area contributed by atoms with Crippen LogP contribution in [0.15, 0.2) is 0 Å². The van der Waals surface area contributed by atoms with Gasteiger partial charge in [-0.3, -0.25) is 0 Å². The van der Waals surface area contributed by atoms with E-state index in [2.05, 4.69) is 0 Å². The molecular formula is C10H21ClO2. The first-order valence-corrected chi connectivity index (χ1v) is 5.41. The van der Waals surface area contributed by atoms with Gasteiger partial charge in [0.15, 0.2) is 0 Å². The minimum absolute atomic E-state index is 0.314. The predicted octanol–water partition coefficient (Wildman–Crippen LogP) is 2.84. The van der Waals surface area contributed by atoms with Crippen LogP contribution >= 0.6 is 11.6 Å². The summed E-state index contributed by atoms with van der Waals surface area (Å²) in [5.41, 5.74) is 0. The summed E-state index contributed by atoms with van der Waals surface area (Å²) >= 11 is 5.81. The molecule has 0 heterocycles. The molecule has 0 saturated carbocycles. The second-order valence-corrected chi connectivity index (χ2v) is 3.98. The van der Waals surface area contributed by atoms with Crippen LogP contribution in [0.2, 0.25) is 0 Å². The number of halogens is 1. The van der Waals surface area contributed by atoms with Crippen LogP contribution in [0.3, 0.4) is 0 Å². The Hall–Kier alpha value is 0.210. The van der Waals surface area contributed by atoms with Crippen LogP contribution < -0.4 is 0 Å². The van der Waals surface area contributed by atoms with Crippen molar-refractivity contribution in [2.45, 2.75) is 38.0 Å². The van der Waals surface area contributed by atoms with Crippen molar-refractivity contribution in [3.05, 3.63) is 0 Å². The summed E-state index contributed by atoms with van der Waals surface area (Å²) < 4.78 is 10.2. The monoisotopic (exact) mass is 208 g/mol. The van der Waals surface area contributed by atoms with Crippen LogP contribution in [0.4, 0.5) is 0 Å². The highest BCUT2D eigenvalue weighted by atomic mass is 35.5. The topological polar surface area (TPSA) is 18.5 Å². The van der Waals surface area contributed by atoms with Gasteiger partial charge in [0.05, 0.1) is 13.2 Å². The molecule has 0 radical (unpaired) electrons. The summed E-state index contributed by atoms with van der Waals surface area (Å²) in [6, 6.07) is 0. The van der Waals surface area contributed by atoms with Crippen molar-refractivity contribution in [2.24, 2.45) is 0 Å². The summed E-state index contributed by atoms with van der Waals surface area (Å²) in [5.74, 6) is 0. The fraction of sp³-hybridized carbons (Fsp3) is 1.00. The Kier molecular flexibility index (Phi) is 10.5. The summed E-state index contributed by atoms with van der Waals surface area (Å²) in [6.45, 7) is 4.29. The molecule has 0 rings (SSSR count). The Morgan fingerprint density at radius 3 is 2.46 bits per heavy atom. The zero-order valence-electron chi connectivity index (χ0n) is 8.72. The van der Waals surface area contributed by atoms with Crippen molar-refractivity contribution in [2.75, 3.05) is 26.9 Å². The van der Waals surface area contributed by atoms with Crippen molar-refractivity contribution in [1.29, 1.82) is 0 Å². The van der Waals surface area contributed by atoms with E-state index in [-0.39, 0.29) is 0 Å². The molecule has 13 heavy (non-hydrogen) atoms. The van der Waals surface area contributed by atoms with Gasteiger partial charge in [-0.25, -0.2) is 0 Å². The van der Waals surface area contributed by atoms with Gasteiger partial charge < -0.3 is 9.47 Å². The Labute approximate surface area is 86.6 Å². The minimum atomic E-state index is 0.314. The molecule has 0 aliphatic heterocycles. The van der Waals surface area contributed by atoms with Crippen LogP contribution in [-0.4, -0.2) is 32.3 Å². The molecule has 0 N–H and O–H groups in total.